The number of H-pyrrole nitrogens is 1. The minimum atomic E-state index is -0.460. The number of carbonyl (C=O) groups excluding carboxylic acids is 2. The van der Waals surface area contributed by atoms with Gasteiger partial charge in [0.2, 0.25) is 0 Å². The van der Waals surface area contributed by atoms with Crippen LogP contribution in [0.2, 0.25) is 0 Å². The standard InChI is InChI=1S/C18H22N2O4/c1-10-15(18(22)24-5)12(3)19-16(10)17(21)20-11(2)13-8-6-7-9-14(13)23-4/h6-9,11,19H,1-5H3,(H,20,21). The Bertz CT molecular complexity index is 764. The van der Waals surface area contributed by atoms with Crippen LogP contribution in [-0.2, 0) is 4.74 Å². The Kier molecular flexibility index (Phi) is 5.28. The lowest BCUT2D eigenvalue weighted by atomic mass is 10.1. The van der Waals surface area contributed by atoms with E-state index in [2.05, 4.69) is 10.3 Å². The Balaban J connectivity index is 2.26. The average molecular weight is 330 g/mol. The summed E-state index contributed by atoms with van der Waals surface area (Å²) in [4.78, 5) is 27.4. The molecule has 6 heteroatoms. The quantitative estimate of drug-likeness (QED) is 0.826. The topological polar surface area (TPSA) is 80.4 Å². The third-order valence-electron chi connectivity index (χ3n) is 4.01. The summed E-state index contributed by atoms with van der Waals surface area (Å²) in [5.41, 5.74) is 2.81. The molecule has 2 aromatic rings. The number of hydrogen-bond donors (Lipinski definition) is 2. The van der Waals surface area contributed by atoms with Gasteiger partial charge in [-0.05, 0) is 32.4 Å². The Labute approximate surface area is 141 Å². The number of benzene rings is 1. The van der Waals surface area contributed by atoms with E-state index in [9.17, 15) is 9.59 Å². The largest absolute Gasteiger partial charge is 0.496 e. The van der Waals surface area contributed by atoms with Crippen molar-refractivity contribution in [3.63, 3.8) is 0 Å². The van der Waals surface area contributed by atoms with Crippen molar-refractivity contribution in [1.82, 2.24) is 10.3 Å². The van der Waals surface area contributed by atoms with Gasteiger partial charge in [-0.2, -0.15) is 0 Å². The number of esters is 1. The van der Waals surface area contributed by atoms with Crippen LogP contribution in [-0.4, -0.2) is 31.1 Å². The average Bonchev–Trinajstić information content (AvgIpc) is 2.88. The van der Waals surface area contributed by atoms with Gasteiger partial charge in [0.25, 0.3) is 5.91 Å². The summed E-state index contributed by atoms with van der Waals surface area (Å²) in [6.07, 6.45) is 0. The van der Waals surface area contributed by atoms with Gasteiger partial charge >= 0.3 is 5.97 Å². The molecule has 0 saturated carbocycles. The van der Waals surface area contributed by atoms with Gasteiger partial charge in [0, 0.05) is 11.3 Å². The first-order valence-electron chi connectivity index (χ1n) is 7.62. The van der Waals surface area contributed by atoms with Gasteiger partial charge in [-0.3, -0.25) is 4.79 Å². The third kappa shape index (κ3) is 3.27. The summed E-state index contributed by atoms with van der Waals surface area (Å²) in [6.45, 7) is 5.33. The molecule has 0 bridgehead atoms. The molecular weight excluding hydrogens is 308 g/mol. The molecule has 1 aromatic heterocycles. The smallest absolute Gasteiger partial charge is 0.339 e. The van der Waals surface area contributed by atoms with Crippen molar-refractivity contribution in [2.45, 2.75) is 26.8 Å². The van der Waals surface area contributed by atoms with Gasteiger partial charge in [-0.15, -0.1) is 0 Å². The number of hydrogen-bond acceptors (Lipinski definition) is 4. The number of aromatic amines is 1. The predicted molar refractivity (Wildman–Crippen MR) is 90.5 cm³/mol. The van der Waals surface area contributed by atoms with E-state index in [-0.39, 0.29) is 11.9 Å². The van der Waals surface area contributed by atoms with E-state index >= 15 is 0 Å². The highest BCUT2D eigenvalue weighted by molar-refractivity contribution is 6.00. The molecule has 0 spiro atoms. The second kappa shape index (κ2) is 7.21. The molecule has 0 aliphatic carbocycles. The molecule has 1 unspecified atom stereocenters. The lowest BCUT2D eigenvalue weighted by Gasteiger charge is -2.17. The summed E-state index contributed by atoms with van der Waals surface area (Å²) in [5, 5.41) is 2.92. The number of nitrogens with one attached hydrogen (secondary N) is 2. The molecule has 0 saturated heterocycles. The zero-order chi connectivity index (χ0) is 17.9. The first kappa shape index (κ1) is 17.6. The Hall–Kier alpha value is -2.76. The fourth-order valence-electron chi connectivity index (χ4n) is 2.76. The van der Waals surface area contributed by atoms with Gasteiger partial charge in [0.15, 0.2) is 0 Å². The number of ether oxygens (including phenoxy) is 2. The summed E-state index contributed by atoms with van der Waals surface area (Å²) < 4.78 is 10.1. The minimum absolute atomic E-state index is 0.252. The van der Waals surface area contributed by atoms with Gasteiger partial charge in [0.1, 0.15) is 11.4 Å². The lowest BCUT2D eigenvalue weighted by molar-refractivity contribution is 0.0599. The monoisotopic (exact) mass is 330 g/mol. The lowest BCUT2D eigenvalue weighted by Crippen LogP contribution is -2.27. The van der Waals surface area contributed by atoms with Crippen molar-refractivity contribution in [2.24, 2.45) is 0 Å². The second-order valence-electron chi connectivity index (χ2n) is 5.55. The van der Waals surface area contributed by atoms with Crippen LogP contribution in [0.25, 0.3) is 0 Å². The zero-order valence-corrected chi connectivity index (χ0v) is 14.5. The van der Waals surface area contributed by atoms with E-state index in [1.807, 2.05) is 31.2 Å². The first-order chi connectivity index (χ1) is 11.4. The fourth-order valence-corrected chi connectivity index (χ4v) is 2.76. The highest BCUT2D eigenvalue weighted by Gasteiger charge is 2.23. The number of rotatable bonds is 5. The number of para-hydroxylation sites is 1. The molecule has 2 N–H and O–H groups in total. The van der Waals surface area contributed by atoms with E-state index < -0.39 is 5.97 Å². The van der Waals surface area contributed by atoms with Crippen molar-refractivity contribution in [2.75, 3.05) is 14.2 Å². The van der Waals surface area contributed by atoms with Crippen LogP contribution in [0.4, 0.5) is 0 Å². The van der Waals surface area contributed by atoms with Crippen molar-refractivity contribution < 1.29 is 19.1 Å². The highest BCUT2D eigenvalue weighted by atomic mass is 16.5. The Morgan fingerprint density at radius 1 is 1.17 bits per heavy atom. The molecule has 24 heavy (non-hydrogen) atoms. The maximum atomic E-state index is 12.6. The van der Waals surface area contributed by atoms with E-state index in [0.717, 1.165) is 5.56 Å². The maximum Gasteiger partial charge on any atom is 0.339 e. The van der Waals surface area contributed by atoms with E-state index in [1.165, 1.54) is 7.11 Å². The summed E-state index contributed by atoms with van der Waals surface area (Å²) in [5.74, 6) is -0.0397. The molecule has 1 atom stereocenters. The molecule has 128 valence electrons. The van der Waals surface area contributed by atoms with Crippen LogP contribution >= 0.6 is 0 Å². The number of carbonyl (C=O) groups is 2. The molecule has 1 amide bonds. The molecule has 0 radical (unpaired) electrons. The highest BCUT2D eigenvalue weighted by Crippen LogP contribution is 2.25. The molecule has 6 nitrogen and oxygen atoms in total. The fraction of sp³-hybridized carbons (Fsp3) is 0.333. The Morgan fingerprint density at radius 3 is 2.46 bits per heavy atom. The summed E-state index contributed by atoms with van der Waals surface area (Å²) in [7, 11) is 2.91. The number of aryl methyl sites for hydroxylation is 1. The molecule has 0 aliphatic rings. The number of methoxy groups -OCH3 is 2. The van der Waals surface area contributed by atoms with Crippen LogP contribution in [0.1, 0.15) is 50.6 Å². The normalized spacial score (nSPS) is 11.7. The van der Waals surface area contributed by atoms with Gasteiger partial charge in [-0.25, -0.2) is 4.79 Å². The first-order valence-corrected chi connectivity index (χ1v) is 7.62. The van der Waals surface area contributed by atoms with E-state index in [0.29, 0.717) is 28.3 Å². The molecule has 1 heterocycles. The summed E-state index contributed by atoms with van der Waals surface area (Å²) in [6, 6.07) is 7.25. The second-order valence-corrected chi connectivity index (χ2v) is 5.55. The van der Waals surface area contributed by atoms with Crippen molar-refractivity contribution in [3.05, 3.63) is 52.3 Å². The number of amides is 1. The third-order valence-corrected chi connectivity index (χ3v) is 4.01. The SMILES string of the molecule is COC(=O)c1c(C)[nH]c(C(=O)NC(C)c2ccccc2OC)c1C. The van der Waals surface area contributed by atoms with Crippen LogP contribution < -0.4 is 10.1 Å². The van der Waals surface area contributed by atoms with Crippen LogP contribution in [0, 0.1) is 13.8 Å². The van der Waals surface area contributed by atoms with E-state index in [4.69, 9.17) is 9.47 Å². The van der Waals surface area contributed by atoms with Crippen LogP contribution in [0.15, 0.2) is 24.3 Å². The van der Waals surface area contributed by atoms with Gasteiger partial charge in [0.05, 0.1) is 25.8 Å². The molecule has 0 fully saturated rings. The number of aromatic nitrogens is 1. The van der Waals surface area contributed by atoms with Gasteiger partial charge < -0.3 is 19.8 Å². The van der Waals surface area contributed by atoms with Crippen molar-refractivity contribution in [3.8, 4) is 5.75 Å². The minimum Gasteiger partial charge on any atom is -0.496 e. The molecule has 2 rings (SSSR count). The molecule has 0 aliphatic heterocycles. The summed E-state index contributed by atoms with van der Waals surface area (Å²) >= 11 is 0. The molecule has 1 aromatic carbocycles. The van der Waals surface area contributed by atoms with Crippen molar-refractivity contribution in [1.29, 1.82) is 0 Å². The Morgan fingerprint density at radius 2 is 1.83 bits per heavy atom. The van der Waals surface area contributed by atoms with Crippen LogP contribution in [0.5, 0.6) is 5.75 Å². The maximum absolute atomic E-state index is 12.6. The van der Waals surface area contributed by atoms with Crippen molar-refractivity contribution >= 4 is 11.9 Å². The molecular formula is C18H22N2O4. The predicted octanol–water partition coefficient (Wildman–Crippen LogP) is 2.92. The zero-order valence-electron chi connectivity index (χ0n) is 14.5. The van der Waals surface area contributed by atoms with E-state index in [1.54, 1.807) is 21.0 Å². The van der Waals surface area contributed by atoms with Crippen LogP contribution in [0.3, 0.4) is 0 Å². The van der Waals surface area contributed by atoms with Gasteiger partial charge in [-0.1, -0.05) is 18.2 Å².